The van der Waals surface area contributed by atoms with Crippen LogP contribution in [-0.2, 0) is 16.0 Å². The third-order valence-electron chi connectivity index (χ3n) is 4.44. The fourth-order valence-electron chi connectivity index (χ4n) is 2.95. The molecule has 1 aliphatic carbocycles. The second-order valence-electron chi connectivity index (χ2n) is 6.20. The van der Waals surface area contributed by atoms with Gasteiger partial charge in [-0.2, -0.15) is 0 Å². The van der Waals surface area contributed by atoms with Gasteiger partial charge in [-0.05, 0) is 24.8 Å². The summed E-state index contributed by atoms with van der Waals surface area (Å²) in [4.78, 5) is 26.5. The summed E-state index contributed by atoms with van der Waals surface area (Å²) >= 11 is 0. The van der Waals surface area contributed by atoms with Crippen LogP contribution in [0.3, 0.4) is 0 Å². The second-order valence-corrected chi connectivity index (χ2v) is 6.20. The molecule has 0 spiro atoms. The minimum Gasteiger partial charge on any atom is -0.343 e. The van der Waals surface area contributed by atoms with Gasteiger partial charge in [0.15, 0.2) is 0 Å². The zero-order valence-corrected chi connectivity index (χ0v) is 12.4. The average Bonchev–Trinajstić information content (AvgIpc) is 3.29. The first kappa shape index (κ1) is 14.1. The quantitative estimate of drug-likeness (QED) is 0.896. The Morgan fingerprint density at radius 2 is 1.90 bits per heavy atom. The van der Waals surface area contributed by atoms with E-state index in [1.165, 1.54) is 12.8 Å². The summed E-state index contributed by atoms with van der Waals surface area (Å²) in [5, 5.41) is 2.80. The van der Waals surface area contributed by atoms with Crippen molar-refractivity contribution in [3.8, 4) is 0 Å². The maximum atomic E-state index is 12.4. The molecule has 2 amide bonds. The zero-order valence-electron chi connectivity index (χ0n) is 12.4. The maximum absolute atomic E-state index is 12.4. The number of carbonyl (C=O) groups excluding carboxylic acids is 2. The van der Waals surface area contributed by atoms with Gasteiger partial charge < -0.3 is 10.2 Å². The maximum Gasteiger partial charge on any atom is 0.245 e. The van der Waals surface area contributed by atoms with E-state index in [1.54, 1.807) is 11.8 Å². The lowest BCUT2D eigenvalue weighted by molar-refractivity contribution is -0.148. The first-order valence-corrected chi connectivity index (χ1v) is 7.80. The lowest BCUT2D eigenvalue weighted by Gasteiger charge is -2.38. The molecule has 1 aliphatic heterocycles. The molecule has 112 valence electrons. The van der Waals surface area contributed by atoms with Crippen molar-refractivity contribution in [1.82, 2.24) is 10.2 Å². The zero-order chi connectivity index (χ0) is 14.8. The van der Waals surface area contributed by atoms with Gasteiger partial charge in [0.2, 0.25) is 11.8 Å². The van der Waals surface area contributed by atoms with Crippen molar-refractivity contribution in [3.05, 3.63) is 35.9 Å². The third kappa shape index (κ3) is 3.26. The van der Waals surface area contributed by atoms with Crippen molar-refractivity contribution >= 4 is 11.8 Å². The molecule has 2 atom stereocenters. The molecular formula is C17H22N2O2. The van der Waals surface area contributed by atoms with Crippen LogP contribution in [0, 0.1) is 5.92 Å². The number of rotatable bonds is 5. The molecule has 0 bridgehead atoms. The molecule has 1 heterocycles. The van der Waals surface area contributed by atoms with Gasteiger partial charge in [0.05, 0.1) is 0 Å². The number of carbonyl (C=O) groups is 2. The molecule has 4 nitrogen and oxygen atoms in total. The van der Waals surface area contributed by atoms with Crippen LogP contribution in [0.4, 0.5) is 0 Å². The standard InChI is InChI=1S/C17H22N2O2/c1-12-17(21)19(10-9-13-7-8-13)15(16(20)18-12)11-14-5-3-2-4-6-14/h2-6,12-13,15H,7-11H2,1H3,(H,18,20). The average molecular weight is 286 g/mol. The molecule has 1 saturated heterocycles. The number of hydrogen-bond donors (Lipinski definition) is 1. The van der Waals surface area contributed by atoms with Crippen molar-refractivity contribution < 1.29 is 9.59 Å². The SMILES string of the molecule is CC1NC(=O)C(Cc2ccccc2)N(CCC2CC2)C1=O. The predicted octanol–water partition coefficient (Wildman–Crippen LogP) is 1.74. The Bertz CT molecular complexity index is 525. The van der Waals surface area contributed by atoms with Crippen LogP contribution >= 0.6 is 0 Å². The molecular weight excluding hydrogens is 264 g/mol. The van der Waals surface area contributed by atoms with Crippen molar-refractivity contribution in [2.24, 2.45) is 5.92 Å². The highest BCUT2D eigenvalue weighted by Crippen LogP contribution is 2.33. The largest absolute Gasteiger partial charge is 0.343 e. The van der Waals surface area contributed by atoms with Gasteiger partial charge >= 0.3 is 0 Å². The molecule has 2 fully saturated rings. The van der Waals surface area contributed by atoms with Crippen LogP contribution in [0.25, 0.3) is 0 Å². The Labute approximate surface area is 125 Å². The molecule has 1 saturated carbocycles. The van der Waals surface area contributed by atoms with Gasteiger partial charge in [-0.15, -0.1) is 0 Å². The van der Waals surface area contributed by atoms with E-state index >= 15 is 0 Å². The monoisotopic (exact) mass is 286 g/mol. The summed E-state index contributed by atoms with van der Waals surface area (Å²) in [6, 6.07) is 9.15. The Hall–Kier alpha value is -1.84. The van der Waals surface area contributed by atoms with Crippen molar-refractivity contribution in [3.63, 3.8) is 0 Å². The van der Waals surface area contributed by atoms with Gasteiger partial charge in [0, 0.05) is 13.0 Å². The highest BCUT2D eigenvalue weighted by molar-refractivity contribution is 5.96. The molecule has 2 aliphatic rings. The lowest BCUT2D eigenvalue weighted by Crippen LogP contribution is -2.63. The van der Waals surface area contributed by atoms with Crippen LogP contribution in [0.5, 0.6) is 0 Å². The van der Waals surface area contributed by atoms with Crippen LogP contribution < -0.4 is 5.32 Å². The summed E-state index contributed by atoms with van der Waals surface area (Å²) in [7, 11) is 0. The Balaban J connectivity index is 1.75. The Morgan fingerprint density at radius 1 is 1.19 bits per heavy atom. The van der Waals surface area contributed by atoms with E-state index in [-0.39, 0.29) is 17.9 Å². The minimum absolute atomic E-state index is 0.0262. The molecule has 21 heavy (non-hydrogen) atoms. The summed E-state index contributed by atoms with van der Waals surface area (Å²) in [6.45, 7) is 2.47. The molecule has 0 aromatic heterocycles. The number of nitrogens with one attached hydrogen (secondary N) is 1. The number of hydrogen-bond acceptors (Lipinski definition) is 2. The predicted molar refractivity (Wildman–Crippen MR) is 80.6 cm³/mol. The van der Waals surface area contributed by atoms with E-state index in [4.69, 9.17) is 0 Å². The lowest BCUT2D eigenvalue weighted by atomic mass is 9.99. The molecule has 1 N–H and O–H groups in total. The minimum atomic E-state index is -0.399. The summed E-state index contributed by atoms with van der Waals surface area (Å²) in [5.41, 5.74) is 1.09. The molecule has 2 unspecified atom stereocenters. The van der Waals surface area contributed by atoms with Crippen LogP contribution in [0.2, 0.25) is 0 Å². The fraction of sp³-hybridized carbons (Fsp3) is 0.529. The number of amides is 2. The van der Waals surface area contributed by atoms with Crippen LogP contribution in [0.15, 0.2) is 30.3 Å². The first-order chi connectivity index (χ1) is 10.1. The third-order valence-corrected chi connectivity index (χ3v) is 4.44. The van der Waals surface area contributed by atoms with Crippen LogP contribution in [0.1, 0.15) is 31.7 Å². The Kier molecular flexibility index (Phi) is 3.95. The topological polar surface area (TPSA) is 49.4 Å². The van der Waals surface area contributed by atoms with E-state index in [1.807, 2.05) is 30.3 Å². The van der Waals surface area contributed by atoms with Crippen LogP contribution in [-0.4, -0.2) is 35.3 Å². The van der Waals surface area contributed by atoms with E-state index < -0.39 is 6.04 Å². The first-order valence-electron chi connectivity index (χ1n) is 7.80. The summed E-state index contributed by atoms with van der Waals surface area (Å²) < 4.78 is 0. The van der Waals surface area contributed by atoms with Gasteiger partial charge in [0.25, 0.3) is 0 Å². The molecule has 3 rings (SSSR count). The fourth-order valence-corrected chi connectivity index (χ4v) is 2.95. The molecule has 0 radical (unpaired) electrons. The highest BCUT2D eigenvalue weighted by Gasteiger charge is 2.38. The molecule has 4 heteroatoms. The smallest absolute Gasteiger partial charge is 0.245 e. The Morgan fingerprint density at radius 3 is 2.57 bits per heavy atom. The van der Waals surface area contributed by atoms with Gasteiger partial charge in [0.1, 0.15) is 12.1 Å². The van der Waals surface area contributed by atoms with E-state index in [9.17, 15) is 9.59 Å². The van der Waals surface area contributed by atoms with Gasteiger partial charge in [-0.1, -0.05) is 43.2 Å². The van der Waals surface area contributed by atoms with Crippen molar-refractivity contribution in [2.45, 2.75) is 44.7 Å². The van der Waals surface area contributed by atoms with Gasteiger partial charge in [-0.25, -0.2) is 0 Å². The summed E-state index contributed by atoms with van der Waals surface area (Å²) in [6.07, 6.45) is 4.16. The van der Waals surface area contributed by atoms with E-state index in [0.717, 1.165) is 17.9 Å². The number of piperazine rings is 1. The highest BCUT2D eigenvalue weighted by atomic mass is 16.2. The molecule has 1 aromatic rings. The summed E-state index contributed by atoms with van der Waals surface area (Å²) in [5.74, 6) is 0.786. The normalized spacial score (nSPS) is 25.9. The number of benzene rings is 1. The van der Waals surface area contributed by atoms with E-state index in [2.05, 4.69) is 5.32 Å². The number of nitrogens with zero attached hydrogens (tertiary/aromatic N) is 1. The van der Waals surface area contributed by atoms with Gasteiger partial charge in [-0.3, -0.25) is 9.59 Å². The van der Waals surface area contributed by atoms with E-state index in [0.29, 0.717) is 13.0 Å². The van der Waals surface area contributed by atoms with Crippen molar-refractivity contribution in [2.75, 3.05) is 6.54 Å². The van der Waals surface area contributed by atoms with Crippen molar-refractivity contribution in [1.29, 1.82) is 0 Å². The second kappa shape index (κ2) is 5.88. The molecule has 1 aromatic carbocycles.